The Balaban J connectivity index is 1.53. The van der Waals surface area contributed by atoms with Gasteiger partial charge in [-0.2, -0.15) is 4.98 Å². The number of nitrogens with zero attached hydrogens (tertiary/aromatic N) is 1. The van der Waals surface area contributed by atoms with Crippen LogP contribution in [0.25, 0.3) is 0 Å². The van der Waals surface area contributed by atoms with Gasteiger partial charge >= 0.3 is 0 Å². The lowest BCUT2D eigenvalue weighted by Crippen LogP contribution is -2.41. The third kappa shape index (κ3) is 5.13. The first-order chi connectivity index (χ1) is 14.5. The number of carbonyl (C=O) groups is 3. The van der Waals surface area contributed by atoms with E-state index in [2.05, 4.69) is 31.2 Å². The van der Waals surface area contributed by atoms with Crippen LogP contribution in [0.1, 0.15) is 23.2 Å². The van der Waals surface area contributed by atoms with Crippen LogP contribution in [0.5, 0.6) is 0 Å². The maximum absolute atomic E-state index is 12.2. The number of fused-ring (bicyclic) bond motifs is 1. The second-order valence-electron chi connectivity index (χ2n) is 6.82. The van der Waals surface area contributed by atoms with Gasteiger partial charge in [-0.1, -0.05) is 0 Å². The van der Waals surface area contributed by atoms with Gasteiger partial charge in [0.25, 0.3) is 11.5 Å². The average molecular weight is 413 g/mol. The van der Waals surface area contributed by atoms with Gasteiger partial charge in [0, 0.05) is 30.8 Å². The number of hydrogen-bond acceptors (Lipinski definition) is 9. The fraction of sp³-hybridized carbons (Fsp3) is 0.316. The summed E-state index contributed by atoms with van der Waals surface area (Å²) < 4.78 is 0. The minimum Gasteiger partial charge on any atom is -0.383 e. The molecule has 2 aromatic rings. The molecule has 1 aromatic carbocycles. The maximum Gasteiger partial charge on any atom is 0.277 e. The van der Waals surface area contributed by atoms with Crippen molar-refractivity contribution in [2.24, 2.45) is 0 Å². The summed E-state index contributed by atoms with van der Waals surface area (Å²) in [7, 11) is 0. The largest absolute Gasteiger partial charge is 0.383 e. The minimum atomic E-state index is -0.693. The molecule has 1 unspecified atom stereocenters. The van der Waals surface area contributed by atoms with Crippen molar-refractivity contribution >= 4 is 41.6 Å². The Labute approximate surface area is 171 Å². The molecule has 2 heterocycles. The quantitative estimate of drug-likeness (QED) is 0.308. The number of nitrogen functional groups attached to an aromatic ring is 1. The van der Waals surface area contributed by atoms with Crippen LogP contribution in [0.2, 0.25) is 0 Å². The molecular formula is C19H23N7O4. The second kappa shape index (κ2) is 9.54. The Kier molecular flexibility index (Phi) is 6.63. The number of benzene rings is 1. The molecule has 30 heavy (non-hydrogen) atoms. The van der Waals surface area contributed by atoms with Crippen molar-refractivity contribution in [3.05, 3.63) is 40.2 Å². The predicted molar refractivity (Wildman–Crippen MR) is 113 cm³/mol. The molecule has 0 saturated heterocycles. The first-order valence-electron chi connectivity index (χ1n) is 9.44. The molecule has 2 atom stereocenters. The van der Waals surface area contributed by atoms with Gasteiger partial charge in [0.2, 0.25) is 5.95 Å². The molecule has 0 saturated carbocycles. The van der Waals surface area contributed by atoms with Crippen molar-refractivity contribution in [2.45, 2.75) is 24.9 Å². The molecule has 1 aliphatic rings. The van der Waals surface area contributed by atoms with Crippen molar-refractivity contribution in [1.82, 2.24) is 15.3 Å². The van der Waals surface area contributed by atoms with E-state index in [1.54, 1.807) is 24.3 Å². The standard InChI is InChI=1S/C19H23N7O4/c20-19-25-16-15(18(30)26-19)23-14(9-22-16)8-21-12-5-3-11(4-6-12)17(29)24-13(10-28)2-1-7-27/h3-7,10,13-14,21,23H,1-2,8-9H2,(H,24,29)(H4,20,22,25,26,30)/t13-,14?/m0/s1. The highest BCUT2D eigenvalue weighted by molar-refractivity contribution is 5.96. The molecule has 158 valence electrons. The lowest BCUT2D eigenvalue weighted by Gasteiger charge is -2.27. The number of hydrogen-bond donors (Lipinski definition) is 6. The average Bonchev–Trinajstić information content (AvgIpc) is 2.75. The molecule has 1 amide bonds. The van der Waals surface area contributed by atoms with Gasteiger partial charge in [0.15, 0.2) is 5.82 Å². The Morgan fingerprint density at radius 3 is 2.77 bits per heavy atom. The molecule has 3 rings (SSSR count). The summed E-state index contributed by atoms with van der Waals surface area (Å²) in [4.78, 5) is 52.1. The fourth-order valence-electron chi connectivity index (χ4n) is 3.00. The van der Waals surface area contributed by atoms with Crippen molar-refractivity contribution in [3.63, 3.8) is 0 Å². The van der Waals surface area contributed by atoms with Crippen LogP contribution >= 0.6 is 0 Å². The summed E-state index contributed by atoms with van der Waals surface area (Å²) in [6.45, 7) is 1.06. The van der Waals surface area contributed by atoms with Crippen LogP contribution in [0.15, 0.2) is 29.1 Å². The van der Waals surface area contributed by atoms with Crippen LogP contribution in [0.3, 0.4) is 0 Å². The highest BCUT2D eigenvalue weighted by Gasteiger charge is 2.21. The van der Waals surface area contributed by atoms with Crippen molar-refractivity contribution in [2.75, 3.05) is 34.8 Å². The molecule has 1 aromatic heterocycles. The summed E-state index contributed by atoms with van der Waals surface area (Å²) in [5.41, 5.74) is 6.73. The number of H-pyrrole nitrogens is 1. The molecule has 0 spiro atoms. The van der Waals surface area contributed by atoms with Crippen LogP contribution in [0, 0.1) is 0 Å². The number of anilines is 4. The summed E-state index contributed by atoms with van der Waals surface area (Å²) >= 11 is 0. The highest BCUT2D eigenvalue weighted by atomic mass is 16.2. The predicted octanol–water partition coefficient (Wildman–Crippen LogP) is -0.0534. The number of aromatic nitrogens is 2. The minimum absolute atomic E-state index is 0.0527. The highest BCUT2D eigenvalue weighted by Crippen LogP contribution is 2.20. The van der Waals surface area contributed by atoms with Crippen LogP contribution in [-0.2, 0) is 9.59 Å². The van der Waals surface area contributed by atoms with E-state index in [4.69, 9.17) is 5.73 Å². The molecule has 7 N–H and O–H groups in total. The zero-order chi connectivity index (χ0) is 21.5. The molecule has 11 nitrogen and oxygen atoms in total. The summed E-state index contributed by atoms with van der Waals surface area (Å²) in [6.07, 6.45) is 1.81. The third-order valence-corrected chi connectivity index (χ3v) is 4.58. The SMILES string of the molecule is Nc1nc2c(c(=O)[nH]1)NC(CNc1ccc(C(=O)N[C@H](C=O)CCC=O)cc1)CN2. The van der Waals surface area contributed by atoms with E-state index < -0.39 is 6.04 Å². The Morgan fingerprint density at radius 1 is 1.30 bits per heavy atom. The van der Waals surface area contributed by atoms with Gasteiger partial charge in [0.05, 0.1) is 12.1 Å². The van der Waals surface area contributed by atoms with E-state index >= 15 is 0 Å². The normalized spacial score (nSPS) is 15.7. The van der Waals surface area contributed by atoms with Crippen molar-refractivity contribution in [3.8, 4) is 0 Å². The van der Waals surface area contributed by atoms with E-state index in [1.807, 2.05) is 0 Å². The fourth-order valence-corrected chi connectivity index (χ4v) is 3.00. The molecule has 1 aliphatic heterocycles. The molecule has 0 radical (unpaired) electrons. The monoisotopic (exact) mass is 413 g/mol. The molecule has 0 aliphatic carbocycles. The third-order valence-electron chi connectivity index (χ3n) is 4.58. The number of nitrogens with two attached hydrogens (primary N) is 1. The van der Waals surface area contributed by atoms with Crippen LogP contribution in [-0.4, -0.2) is 53.6 Å². The molecule has 0 bridgehead atoms. The number of nitrogens with one attached hydrogen (secondary N) is 5. The number of aldehydes is 2. The van der Waals surface area contributed by atoms with E-state index in [-0.39, 0.29) is 36.3 Å². The zero-order valence-corrected chi connectivity index (χ0v) is 16.1. The Hall–Kier alpha value is -3.89. The lowest BCUT2D eigenvalue weighted by atomic mass is 10.1. The Morgan fingerprint density at radius 2 is 2.07 bits per heavy atom. The van der Waals surface area contributed by atoms with Crippen LogP contribution in [0.4, 0.5) is 23.1 Å². The van der Waals surface area contributed by atoms with E-state index in [0.29, 0.717) is 42.7 Å². The summed E-state index contributed by atoms with van der Waals surface area (Å²) in [5.74, 6) is 0.0897. The lowest BCUT2D eigenvalue weighted by molar-refractivity contribution is -0.110. The van der Waals surface area contributed by atoms with Gasteiger partial charge in [-0.05, 0) is 30.7 Å². The number of amides is 1. The van der Waals surface area contributed by atoms with Crippen molar-refractivity contribution < 1.29 is 14.4 Å². The van der Waals surface area contributed by atoms with Gasteiger partial charge in [0.1, 0.15) is 18.3 Å². The Bertz CT molecular complexity index is 974. The van der Waals surface area contributed by atoms with Gasteiger partial charge in [-0.25, -0.2) is 0 Å². The maximum atomic E-state index is 12.2. The van der Waals surface area contributed by atoms with Crippen molar-refractivity contribution in [1.29, 1.82) is 0 Å². The molecule has 11 heteroatoms. The topological polar surface area (TPSA) is 171 Å². The number of carbonyl (C=O) groups excluding carboxylic acids is 3. The second-order valence-corrected chi connectivity index (χ2v) is 6.82. The van der Waals surface area contributed by atoms with E-state index in [1.165, 1.54) is 0 Å². The number of aromatic amines is 1. The van der Waals surface area contributed by atoms with Gasteiger partial charge in [-0.15, -0.1) is 0 Å². The summed E-state index contributed by atoms with van der Waals surface area (Å²) in [5, 5.41) is 12.0. The van der Waals surface area contributed by atoms with E-state index in [0.717, 1.165) is 5.69 Å². The van der Waals surface area contributed by atoms with Crippen LogP contribution < -0.4 is 32.6 Å². The first-order valence-corrected chi connectivity index (χ1v) is 9.44. The smallest absolute Gasteiger partial charge is 0.277 e. The first kappa shape index (κ1) is 20.8. The van der Waals surface area contributed by atoms with Gasteiger partial charge in [-0.3, -0.25) is 14.6 Å². The summed E-state index contributed by atoms with van der Waals surface area (Å²) in [6, 6.07) is 6.00. The van der Waals surface area contributed by atoms with Gasteiger partial charge < -0.3 is 36.6 Å². The molecular weight excluding hydrogens is 390 g/mol. The zero-order valence-electron chi connectivity index (χ0n) is 16.1. The van der Waals surface area contributed by atoms with E-state index in [9.17, 15) is 19.2 Å². The molecule has 0 fully saturated rings. The number of rotatable bonds is 9.